The van der Waals surface area contributed by atoms with Crippen LogP contribution in [0.2, 0.25) is 0 Å². The van der Waals surface area contributed by atoms with E-state index in [1.165, 1.54) is 7.11 Å². The van der Waals surface area contributed by atoms with E-state index in [4.69, 9.17) is 4.74 Å². The van der Waals surface area contributed by atoms with Crippen molar-refractivity contribution in [1.82, 2.24) is 0 Å². The highest BCUT2D eigenvalue weighted by atomic mass is 79.9. The third-order valence-electron chi connectivity index (χ3n) is 6.71. The summed E-state index contributed by atoms with van der Waals surface area (Å²) in [6, 6.07) is 6.73. The van der Waals surface area contributed by atoms with Gasteiger partial charge in [0.25, 0.3) is 0 Å². The molecule has 1 amide bonds. The molecule has 3 unspecified atom stereocenters. The molecule has 2 aliphatic rings. The van der Waals surface area contributed by atoms with Crippen LogP contribution in [0, 0.1) is 16.2 Å². The van der Waals surface area contributed by atoms with Gasteiger partial charge in [0.1, 0.15) is 0 Å². The number of methoxy groups -OCH3 is 1. The molecule has 2 bridgehead atoms. The van der Waals surface area contributed by atoms with Crippen molar-refractivity contribution in [2.75, 3.05) is 12.4 Å². The number of esters is 1. The molecule has 3 rings (SSSR count). The first-order valence-corrected chi connectivity index (χ1v) is 9.22. The molecule has 0 radical (unpaired) electrons. The maximum atomic E-state index is 13.3. The molecule has 6 heteroatoms. The Balaban J connectivity index is 2.00. The molecule has 2 saturated carbocycles. The first-order valence-electron chi connectivity index (χ1n) is 8.30. The highest BCUT2D eigenvalue weighted by Crippen LogP contribution is 2.72. The molecule has 134 valence electrons. The number of hydrogen-bond acceptors (Lipinski definition) is 4. The van der Waals surface area contributed by atoms with Gasteiger partial charge in [-0.25, -0.2) is 4.79 Å². The van der Waals surface area contributed by atoms with E-state index in [0.717, 1.165) is 0 Å². The number of para-hydroxylation sites is 1. The average molecular weight is 408 g/mol. The van der Waals surface area contributed by atoms with E-state index in [0.29, 0.717) is 24.1 Å². The summed E-state index contributed by atoms with van der Waals surface area (Å²) in [6.07, 6.45) is 1.32. The Morgan fingerprint density at radius 1 is 1.20 bits per heavy atom. The Bertz CT molecular complexity index is 774. The summed E-state index contributed by atoms with van der Waals surface area (Å²) in [7, 11) is 1.30. The van der Waals surface area contributed by atoms with Gasteiger partial charge in [-0.1, -0.05) is 48.8 Å². The molecule has 2 fully saturated rings. The highest BCUT2D eigenvalue weighted by molar-refractivity contribution is 9.10. The minimum atomic E-state index is -0.845. The van der Waals surface area contributed by atoms with Gasteiger partial charge in [-0.3, -0.25) is 9.59 Å². The number of ketones is 1. The SMILES string of the molecule is COC(=O)c1ccccc1NC(=O)C12CCC(C)(C(=O)C1Br)C2(C)C. The van der Waals surface area contributed by atoms with Crippen molar-refractivity contribution in [2.24, 2.45) is 16.2 Å². The third kappa shape index (κ3) is 2.09. The van der Waals surface area contributed by atoms with Crippen molar-refractivity contribution in [3.05, 3.63) is 29.8 Å². The fourth-order valence-corrected chi connectivity index (χ4v) is 6.08. The van der Waals surface area contributed by atoms with Crippen LogP contribution in [0.25, 0.3) is 0 Å². The van der Waals surface area contributed by atoms with Crippen LogP contribution in [-0.2, 0) is 14.3 Å². The van der Waals surface area contributed by atoms with Crippen molar-refractivity contribution in [3.63, 3.8) is 0 Å². The van der Waals surface area contributed by atoms with Crippen LogP contribution in [0.15, 0.2) is 24.3 Å². The van der Waals surface area contributed by atoms with Gasteiger partial charge in [0.2, 0.25) is 5.91 Å². The zero-order valence-electron chi connectivity index (χ0n) is 14.8. The van der Waals surface area contributed by atoms with E-state index >= 15 is 0 Å². The number of carbonyl (C=O) groups is 3. The molecule has 5 nitrogen and oxygen atoms in total. The topological polar surface area (TPSA) is 72.5 Å². The van der Waals surface area contributed by atoms with Gasteiger partial charge in [-0.15, -0.1) is 0 Å². The van der Waals surface area contributed by atoms with Gasteiger partial charge >= 0.3 is 5.97 Å². The smallest absolute Gasteiger partial charge is 0.339 e. The lowest BCUT2D eigenvalue weighted by Crippen LogP contribution is -2.48. The van der Waals surface area contributed by atoms with E-state index in [-0.39, 0.29) is 11.7 Å². The molecule has 2 aliphatic carbocycles. The van der Waals surface area contributed by atoms with E-state index in [1.54, 1.807) is 24.3 Å². The number of halogens is 1. The van der Waals surface area contributed by atoms with Crippen LogP contribution in [0.1, 0.15) is 44.0 Å². The van der Waals surface area contributed by atoms with Crippen LogP contribution in [-0.4, -0.2) is 29.6 Å². The van der Waals surface area contributed by atoms with Crippen molar-refractivity contribution in [3.8, 4) is 0 Å². The number of anilines is 1. The number of ether oxygens (including phenoxy) is 1. The predicted octanol–water partition coefficient (Wildman–Crippen LogP) is 3.57. The number of amides is 1. The molecule has 3 atom stereocenters. The summed E-state index contributed by atoms with van der Waals surface area (Å²) < 4.78 is 4.79. The van der Waals surface area contributed by atoms with Crippen LogP contribution in [0.4, 0.5) is 5.69 Å². The summed E-state index contributed by atoms with van der Waals surface area (Å²) in [6.45, 7) is 5.93. The van der Waals surface area contributed by atoms with Gasteiger partial charge in [-0.05, 0) is 30.4 Å². The Hall–Kier alpha value is -1.69. The molecule has 0 aromatic heterocycles. The fraction of sp³-hybridized carbons (Fsp3) is 0.526. The van der Waals surface area contributed by atoms with Gasteiger partial charge in [0.05, 0.1) is 28.6 Å². The first kappa shape index (κ1) is 18.1. The van der Waals surface area contributed by atoms with Crippen LogP contribution < -0.4 is 5.32 Å². The minimum absolute atomic E-state index is 0.0835. The molecule has 0 saturated heterocycles. The second-order valence-corrected chi connectivity index (χ2v) is 8.56. The van der Waals surface area contributed by atoms with E-state index in [9.17, 15) is 14.4 Å². The van der Waals surface area contributed by atoms with Crippen molar-refractivity contribution < 1.29 is 19.1 Å². The van der Waals surface area contributed by atoms with Crippen LogP contribution >= 0.6 is 15.9 Å². The zero-order valence-corrected chi connectivity index (χ0v) is 16.4. The number of benzene rings is 1. The monoisotopic (exact) mass is 407 g/mol. The largest absolute Gasteiger partial charge is 0.465 e. The second-order valence-electron chi connectivity index (χ2n) is 7.65. The van der Waals surface area contributed by atoms with Crippen molar-refractivity contribution in [2.45, 2.75) is 38.4 Å². The zero-order chi connectivity index (χ0) is 18.6. The summed E-state index contributed by atoms with van der Waals surface area (Å²) >= 11 is 3.50. The summed E-state index contributed by atoms with van der Waals surface area (Å²) in [4.78, 5) is 37.5. The van der Waals surface area contributed by atoms with Gasteiger partial charge in [0, 0.05) is 5.41 Å². The average Bonchev–Trinajstić information content (AvgIpc) is 2.86. The van der Waals surface area contributed by atoms with Crippen LogP contribution in [0.5, 0.6) is 0 Å². The summed E-state index contributed by atoms with van der Waals surface area (Å²) in [5.41, 5.74) is -1.17. The summed E-state index contributed by atoms with van der Waals surface area (Å²) in [5.74, 6) is -0.660. The fourth-order valence-electron chi connectivity index (χ4n) is 4.57. The number of nitrogens with one attached hydrogen (secondary N) is 1. The van der Waals surface area contributed by atoms with E-state index in [2.05, 4.69) is 21.2 Å². The standard InChI is InChI=1S/C19H22BrNO4/c1-17(2)18(3)9-10-19(17,13(20)14(18)22)16(24)21-12-8-6-5-7-11(12)15(23)25-4/h5-8,13H,9-10H2,1-4H3,(H,21,24). The van der Waals surface area contributed by atoms with E-state index in [1.807, 2.05) is 20.8 Å². The lowest BCUT2D eigenvalue weighted by Gasteiger charge is -2.39. The predicted molar refractivity (Wildman–Crippen MR) is 97.7 cm³/mol. The lowest BCUT2D eigenvalue weighted by molar-refractivity contribution is -0.130. The van der Waals surface area contributed by atoms with Gasteiger partial charge in [-0.2, -0.15) is 0 Å². The maximum Gasteiger partial charge on any atom is 0.339 e. The Morgan fingerprint density at radius 3 is 2.40 bits per heavy atom. The van der Waals surface area contributed by atoms with Gasteiger partial charge < -0.3 is 10.1 Å². The number of fused-ring (bicyclic) bond motifs is 2. The highest BCUT2D eigenvalue weighted by Gasteiger charge is 2.76. The molecule has 0 heterocycles. The number of Topliss-reactive ketones (excluding diaryl/α,β-unsaturated/α-hetero) is 1. The molecular formula is C19H22BrNO4. The number of rotatable bonds is 3. The second kappa shape index (κ2) is 5.66. The Kier molecular flexibility index (Phi) is 4.10. The molecule has 1 N–H and O–H groups in total. The number of carbonyl (C=O) groups excluding carboxylic acids is 3. The molecule has 1 aromatic rings. The molecule has 0 aliphatic heterocycles. The molecule has 0 spiro atoms. The minimum Gasteiger partial charge on any atom is -0.465 e. The number of alkyl halides is 1. The number of hydrogen-bond donors (Lipinski definition) is 1. The third-order valence-corrected chi connectivity index (χ3v) is 7.90. The van der Waals surface area contributed by atoms with Crippen molar-refractivity contribution in [1.29, 1.82) is 0 Å². The molecule has 25 heavy (non-hydrogen) atoms. The van der Waals surface area contributed by atoms with Gasteiger partial charge in [0.15, 0.2) is 5.78 Å². The Morgan fingerprint density at radius 2 is 1.84 bits per heavy atom. The lowest BCUT2D eigenvalue weighted by atomic mass is 9.64. The first-order chi connectivity index (χ1) is 11.6. The molecular weight excluding hydrogens is 386 g/mol. The van der Waals surface area contributed by atoms with Crippen molar-refractivity contribution >= 4 is 39.3 Å². The van der Waals surface area contributed by atoms with E-state index < -0.39 is 27.0 Å². The summed E-state index contributed by atoms with van der Waals surface area (Å²) in [5, 5.41) is 2.89. The normalized spacial score (nSPS) is 32.5. The van der Waals surface area contributed by atoms with Crippen LogP contribution in [0.3, 0.4) is 0 Å². The quantitative estimate of drug-likeness (QED) is 0.613. The molecule has 1 aromatic carbocycles. The Labute approximate surface area is 155 Å². The maximum absolute atomic E-state index is 13.3.